The molecule has 0 aromatic heterocycles. The first-order chi connectivity index (χ1) is 10.4. The highest BCUT2D eigenvalue weighted by atomic mass is 32.2. The summed E-state index contributed by atoms with van der Waals surface area (Å²) >= 11 is 3.38. The van der Waals surface area contributed by atoms with Crippen LogP contribution in [0.2, 0.25) is 0 Å². The number of aliphatic imine (C=N–C) groups is 1. The zero-order valence-electron chi connectivity index (χ0n) is 11.2. The molecule has 104 valence electrons. The molecule has 4 rings (SSSR count). The SMILES string of the molecule is c1ccc(C2=NN3SCC(c4ccccc4)N=C3S2)cc1. The van der Waals surface area contributed by atoms with Gasteiger partial charge >= 0.3 is 0 Å². The highest BCUT2D eigenvalue weighted by molar-refractivity contribution is 8.28. The van der Waals surface area contributed by atoms with Gasteiger partial charge in [0.25, 0.3) is 0 Å². The topological polar surface area (TPSA) is 28.0 Å². The van der Waals surface area contributed by atoms with Crippen LogP contribution in [0, 0.1) is 0 Å². The van der Waals surface area contributed by atoms with Gasteiger partial charge in [0.15, 0.2) is 5.17 Å². The molecule has 0 saturated heterocycles. The summed E-state index contributed by atoms with van der Waals surface area (Å²) in [5.74, 6) is 0.930. The third kappa shape index (κ3) is 2.59. The molecular weight excluding hydrogens is 298 g/mol. The lowest BCUT2D eigenvalue weighted by atomic mass is 10.1. The molecular formula is C16H13N3S2. The third-order valence-electron chi connectivity index (χ3n) is 3.36. The fourth-order valence-electron chi connectivity index (χ4n) is 2.29. The molecule has 0 saturated carbocycles. The van der Waals surface area contributed by atoms with Crippen molar-refractivity contribution in [3.8, 4) is 0 Å². The van der Waals surface area contributed by atoms with Crippen molar-refractivity contribution in [1.82, 2.24) is 4.41 Å². The summed E-state index contributed by atoms with van der Waals surface area (Å²) in [5.41, 5.74) is 2.42. The second-order valence-electron chi connectivity index (χ2n) is 4.78. The largest absolute Gasteiger partial charge is 0.251 e. The number of hydrogen-bond acceptors (Lipinski definition) is 5. The first-order valence-corrected chi connectivity index (χ1v) is 8.54. The molecule has 2 aliphatic heterocycles. The van der Waals surface area contributed by atoms with Crippen molar-refractivity contribution in [2.75, 3.05) is 5.75 Å². The molecule has 0 N–H and O–H groups in total. The van der Waals surface area contributed by atoms with Crippen molar-refractivity contribution >= 4 is 33.9 Å². The van der Waals surface area contributed by atoms with Crippen molar-refractivity contribution in [2.24, 2.45) is 10.1 Å². The van der Waals surface area contributed by atoms with Crippen LogP contribution >= 0.6 is 23.7 Å². The Balaban J connectivity index is 1.59. The number of thioether (sulfide) groups is 1. The Morgan fingerprint density at radius 2 is 1.67 bits per heavy atom. The Kier molecular flexibility index (Phi) is 3.45. The highest BCUT2D eigenvalue weighted by Crippen LogP contribution is 2.38. The molecule has 2 aromatic carbocycles. The van der Waals surface area contributed by atoms with Gasteiger partial charge in [0.2, 0.25) is 0 Å². The second kappa shape index (κ2) is 5.58. The maximum Gasteiger partial charge on any atom is 0.198 e. The molecule has 21 heavy (non-hydrogen) atoms. The van der Waals surface area contributed by atoms with Crippen LogP contribution in [0.25, 0.3) is 0 Å². The Morgan fingerprint density at radius 1 is 0.952 bits per heavy atom. The van der Waals surface area contributed by atoms with Crippen LogP contribution in [-0.4, -0.2) is 20.4 Å². The number of hydrazone groups is 1. The first-order valence-electron chi connectivity index (χ1n) is 6.78. The van der Waals surface area contributed by atoms with Gasteiger partial charge in [-0.1, -0.05) is 60.7 Å². The molecule has 2 aliphatic rings. The van der Waals surface area contributed by atoms with E-state index in [1.165, 1.54) is 5.56 Å². The average Bonchev–Trinajstić information content (AvgIpc) is 2.99. The molecule has 1 atom stereocenters. The minimum atomic E-state index is 0.222. The summed E-state index contributed by atoms with van der Waals surface area (Å²) in [7, 11) is 0. The van der Waals surface area contributed by atoms with Gasteiger partial charge in [0.1, 0.15) is 5.04 Å². The number of rotatable bonds is 2. The first kappa shape index (κ1) is 13.0. The molecule has 2 heterocycles. The predicted molar refractivity (Wildman–Crippen MR) is 91.5 cm³/mol. The molecule has 0 fully saturated rings. The van der Waals surface area contributed by atoms with Crippen LogP contribution in [0.15, 0.2) is 70.8 Å². The molecule has 5 heteroatoms. The molecule has 1 unspecified atom stereocenters. The van der Waals surface area contributed by atoms with E-state index in [0.29, 0.717) is 0 Å². The molecule has 0 amide bonds. The van der Waals surface area contributed by atoms with Gasteiger partial charge in [0.05, 0.1) is 6.04 Å². The minimum absolute atomic E-state index is 0.222. The van der Waals surface area contributed by atoms with Crippen LogP contribution in [0.3, 0.4) is 0 Å². The van der Waals surface area contributed by atoms with Gasteiger partial charge < -0.3 is 0 Å². The molecule has 0 radical (unpaired) electrons. The number of amidine groups is 1. The van der Waals surface area contributed by atoms with E-state index in [2.05, 4.69) is 41.5 Å². The summed E-state index contributed by atoms with van der Waals surface area (Å²) in [5, 5.41) is 6.66. The monoisotopic (exact) mass is 311 g/mol. The lowest BCUT2D eigenvalue weighted by Gasteiger charge is -2.23. The van der Waals surface area contributed by atoms with E-state index in [1.54, 1.807) is 23.7 Å². The van der Waals surface area contributed by atoms with E-state index in [9.17, 15) is 0 Å². The van der Waals surface area contributed by atoms with Crippen LogP contribution < -0.4 is 0 Å². The Hall–Kier alpha value is -1.72. The van der Waals surface area contributed by atoms with E-state index >= 15 is 0 Å². The van der Waals surface area contributed by atoms with E-state index in [1.807, 2.05) is 28.7 Å². The van der Waals surface area contributed by atoms with Crippen molar-refractivity contribution in [1.29, 1.82) is 0 Å². The number of benzene rings is 2. The number of hydrogen-bond donors (Lipinski definition) is 0. The van der Waals surface area contributed by atoms with E-state index in [-0.39, 0.29) is 6.04 Å². The summed E-state index contributed by atoms with van der Waals surface area (Å²) in [4.78, 5) is 4.86. The maximum absolute atomic E-state index is 4.86. The summed E-state index contributed by atoms with van der Waals surface area (Å²) in [6.45, 7) is 0. The molecule has 0 aliphatic carbocycles. The molecule has 0 spiro atoms. The lowest BCUT2D eigenvalue weighted by Crippen LogP contribution is -2.20. The van der Waals surface area contributed by atoms with Crippen LogP contribution in [0.4, 0.5) is 0 Å². The second-order valence-corrected chi connectivity index (χ2v) is 6.67. The summed E-state index contributed by atoms with van der Waals surface area (Å²) in [6.07, 6.45) is 0. The van der Waals surface area contributed by atoms with Crippen molar-refractivity contribution < 1.29 is 0 Å². The molecule has 0 bridgehead atoms. The quantitative estimate of drug-likeness (QED) is 0.780. The maximum atomic E-state index is 4.86. The lowest BCUT2D eigenvalue weighted by molar-refractivity contribution is 0.698. The minimum Gasteiger partial charge on any atom is -0.251 e. The average molecular weight is 311 g/mol. The van der Waals surface area contributed by atoms with E-state index in [0.717, 1.165) is 21.5 Å². The zero-order chi connectivity index (χ0) is 14.1. The van der Waals surface area contributed by atoms with Crippen molar-refractivity contribution in [3.05, 3.63) is 71.8 Å². The van der Waals surface area contributed by atoms with Gasteiger partial charge in [-0.05, 0) is 29.3 Å². The zero-order valence-corrected chi connectivity index (χ0v) is 12.8. The smallest absolute Gasteiger partial charge is 0.198 e. The van der Waals surface area contributed by atoms with Crippen LogP contribution in [-0.2, 0) is 0 Å². The van der Waals surface area contributed by atoms with E-state index < -0.39 is 0 Å². The van der Waals surface area contributed by atoms with Gasteiger partial charge in [-0.25, -0.2) is 0 Å². The van der Waals surface area contributed by atoms with Gasteiger partial charge in [-0.15, -0.1) is 0 Å². The number of nitrogens with zero attached hydrogens (tertiary/aromatic N) is 3. The summed E-state index contributed by atoms with van der Waals surface area (Å²) in [6, 6.07) is 21.0. The van der Waals surface area contributed by atoms with Crippen molar-refractivity contribution in [2.45, 2.75) is 6.04 Å². The fraction of sp³-hybridized carbons (Fsp3) is 0.125. The van der Waals surface area contributed by atoms with E-state index in [4.69, 9.17) is 4.99 Å². The molecule has 2 aromatic rings. The Labute approximate surface area is 132 Å². The molecule has 3 nitrogen and oxygen atoms in total. The van der Waals surface area contributed by atoms with Crippen LogP contribution in [0.5, 0.6) is 0 Å². The summed E-state index contributed by atoms with van der Waals surface area (Å²) < 4.78 is 1.95. The highest BCUT2D eigenvalue weighted by Gasteiger charge is 2.30. The fourth-order valence-corrected chi connectivity index (χ4v) is 4.30. The van der Waals surface area contributed by atoms with Gasteiger partial charge in [-0.2, -0.15) is 9.52 Å². The van der Waals surface area contributed by atoms with Crippen molar-refractivity contribution in [3.63, 3.8) is 0 Å². The van der Waals surface area contributed by atoms with Crippen LogP contribution in [0.1, 0.15) is 17.2 Å². The Morgan fingerprint density at radius 3 is 2.43 bits per heavy atom. The normalized spacial score (nSPS) is 20.8. The van der Waals surface area contributed by atoms with Gasteiger partial charge in [0, 0.05) is 11.3 Å². The van der Waals surface area contributed by atoms with Gasteiger partial charge in [-0.3, -0.25) is 4.99 Å². The Bertz CT molecular complexity index is 698. The standard InChI is InChI=1S/C16H13N3S2/c1-3-7-12(8-4-1)14-11-20-19-16(17-14)21-15(18-19)13-9-5-2-6-10-13/h1-10,14H,11H2. The third-order valence-corrected chi connectivity index (χ3v) is 5.41. The number of fused-ring (bicyclic) bond motifs is 1. The predicted octanol–water partition coefficient (Wildman–Crippen LogP) is 4.16.